The molecule has 2 N–H and O–H groups in total. The van der Waals surface area contributed by atoms with Crippen LogP contribution >= 0.6 is 0 Å². The van der Waals surface area contributed by atoms with Crippen LogP contribution in [0.2, 0.25) is 0 Å². The van der Waals surface area contributed by atoms with E-state index in [-0.39, 0.29) is 0 Å². The summed E-state index contributed by atoms with van der Waals surface area (Å²) in [5, 5.41) is 0. The van der Waals surface area contributed by atoms with Crippen LogP contribution in [0.3, 0.4) is 0 Å². The van der Waals surface area contributed by atoms with Gasteiger partial charge in [0, 0.05) is 12.3 Å². The molecule has 0 amide bonds. The molecule has 1 heterocycles. The Morgan fingerprint density at radius 2 is 2.38 bits per heavy atom. The van der Waals surface area contributed by atoms with Gasteiger partial charge in [0.15, 0.2) is 0 Å². The van der Waals surface area contributed by atoms with Crippen LogP contribution in [0.5, 0.6) is 0 Å². The Kier molecular flexibility index (Phi) is 3.80. The number of nitrogens with two attached hydrogens (primary N) is 1. The molecule has 0 bridgehead atoms. The molecule has 2 rings (SSSR count). The summed E-state index contributed by atoms with van der Waals surface area (Å²) in [5.74, 6) is 0. The van der Waals surface area contributed by atoms with Crippen LogP contribution in [0.1, 0.15) is 24.0 Å². The highest BCUT2D eigenvalue weighted by Crippen LogP contribution is 2.17. The zero-order valence-corrected chi connectivity index (χ0v) is 9.74. The van der Waals surface area contributed by atoms with E-state index in [1.54, 1.807) is 0 Å². The van der Waals surface area contributed by atoms with Gasteiger partial charge in [0.25, 0.3) is 0 Å². The number of rotatable bonds is 4. The van der Waals surface area contributed by atoms with E-state index in [0.29, 0.717) is 19.3 Å². The van der Waals surface area contributed by atoms with Crippen LogP contribution in [0.4, 0.5) is 5.69 Å². The Morgan fingerprint density at radius 3 is 3.12 bits per heavy atom. The lowest BCUT2D eigenvalue weighted by Gasteiger charge is -2.12. The molecule has 0 saturated carbocycles. The third-order valence-corrected chi connectivity index (χ3v) is 3.07. The second-order valence-electron chi connectivity index (χ2n) is 4.28. The Labute approximate surface area is 96.5 Å². The Hall–Kier alpha value is -1.06. The van der Waals surface area contributed by atoms with Crippen LogP contribution < -0.4 is 5.73 Å². The average Bonchev–Trinajstić information content (AvgIpc) is 2.77. The average molecular weight is 221 g/mol. The van der Waals surface area contributed by atoms with Gasteiger partial charge < -0.3 is 15.2 Å². The predicted octanol–water partition coefficient (Wildman–Crippen LogP) is 2.27. The summed E-state index contributed by atoms with van der Waals surface area (Å²) >= 11 is 0. The number of ether oxygens (including phenoxy) is 2. The minimum atomic E-state index is 0.293. The lowest BCUT2D eigenvalue weighted by Crippen LogP contribution is -2.14. The van der Waals surface area contributed by atoms with Gasteiger partial charge in [0.1, 0.15) is 0 Å². The van der Waals surface area contributed by atoms with Crippen LogP contribution in [0.15, 0.2) is 18.2 Å². The first-order chi connectivity index (χ1) is 7.77. The van der Waals surface area contributed by atoms with Crippen molar-refractivity contribution in [2.24, 2.45) is 0 Å². The topological polar surface area (TPSA) is 44.5 Å². The number of hydrogen-bond donors (Lipinski definition) is 1. The third-order valence-electron chi connectivity index (χ3n) is 3.07. The highest BCUT2D eigenvalue weighted by atomic mass is 16.5. The van der Waals surface area contributed by atoms with Gasteiger partial charge in [-0.25, -0.2) is 0 Å². The molecule has 1 fully saturated rings. The summed E-state index contributed by atoms with van der Waals surface area (Å²) in [6.45, 7) is 4.22. The summed E-state index contributed by atoms with van der Waals surface area (Å²) in [6, 6.07) is 5.94. The van der Waals surface area contributed by atoms with Crippen molar-refractivity contribution < 1.29 is 9.47 Å². The molecule has 3 heteroatoms. The van der Waals surface area contributed by atoms with Crippen molar-refractivity contribution in [3.8, 4) is 0 Å². The summed E-state index contributed by atoms with van der Waals surface area (Å²) in [5.41, 5.74) is 8.95. The molecule has 1 saturated heterocycles. The quantitative estimate of drug-likeness (QED) is 0.793. The van der Waals surface area contributed by atoms with Crippen LogP contribution in [-0.4, -0.2) is 19.3 Å². The van der Waals surface area contributed by atoms with Gasteiger partial charge in [0.2, 0.25) is 0 Å². The molecule has 16 heavy (non-hydrogen) atoms. The molecule has 1 atom stereocenters. The molecule has 1 aromatic carbocycles. The van der Waals surface area contributed by atoms with Crippen molar-refractivity contribution in [1.82, 2.24) is 0 Å². The summed E-state index contributed by atoms with van der Waals surface area (Å²) in [7, 11) is 0. The summed E-state index contributed by atoms with van der Waals surface area (Å²) in [6.07, 6.45) is 2.57. The molecule has 1 aromatic rings. The number of nitrogen functional groups attached to an aromatic ring is 1. The van der Waals surface area contributed by atoms with Gasteiger partial charge in [-0.15, -0.1) is 0 Å². The van der Waals surface area contributed by atoms with E-state index in [0.717, 1.165) is 36.3 Å². The van der Waals surface area contributed by atoms with Crippen LogP contribution in [0, 0.1) is 6.92 Å². The zero-order valence-electron chi connectivity index (χ0n) is 9.74. The summed E-state index contributed by atoms with van der Waals surface area (Å²) in [4.78, 5) is 0. The standard InChI is InChI=1S/C13H19NO2/c1-10-11(4-2-6-13(10)14)8-15-9-12-5-3-7-16-12/h2,4,6,12H,3,5,7-9,14H2,1H3. The molecule has 1 unspecified atom stereocenters. The molecule has 0 aliphatic carbocycles. The molecule has 1 aliphatic heterocycles. The first kappa shape index (κ1) is 11.4. The largest absolute Gasteiger partial charge is 0.399 e. The molecule has 0 spiro atoms. The van der Waals surface area contributed by atoms with Gasteiger partial charge in [0.05, 0.1) is 19.3 Å². The van der Waals surface area contributed by atoms with Crippen molar-refractivity contribution in [2.45, 2.75) is 32.5 Å². The Balaban J connectivity index is 1.82. The van der Waals surface area contributed by atoms with E-state index in [1.807, 2.05) is 19.1 Å². The lowest BCUT2D eigenvalue weighted by molar-refractivity contribution is 0.0105. The SMILES string of the molecule is Cc1c(N)cccc1COCC1CCCO1. The smallest absolute Gasteiger partial charge is 0.0809 e. The van der Waals surface area contributed by atoms with E-state index < -0.39 is 0 Å². The van der Waals surface area contributed by atoms with E-state index in [2.05, 4.69) is 6.07 Å². The minimum Gasteiger partial charge on any atom is -0.399 e. The van der Waals surface area contributed by atoms with Gasteiger partial charge >= 0.3 is 0 Å². The highest BCUT2D eigenvalue weighted by molar-refractivity contribution is 5.49. The molecule has 0 aromatic heterocycles. The first-order valence-corrected chi connectivity index (χ1v) is 5.80. The zero-order chi connectivity index (χ0) is 11.4. The first-order valence-electron chi connectivity index (χ1n) is 5.80. The Morgan fingerprint density at radius 1 is 1.50 bits per heavy atom. The third kappa shape index (κ3) is 2.74. The van der Waals surface area contributed by atoms with E-state index in [9.17, 15) is 0 Å². The van der Waals surface area contributed by atoms with Crippen molar-refractivity contribution in [2.75, 3.05) is 18.9 Å². The second-order valence-corrected chi connectivity index (χ2v) is 4.28. The van der Waals surface area contributed by atoms with Crippen LogP contribution in [-0.2, 0) is 16.1 Å². The van der Waals surface area contributed by atoms with E-state index >= 15 is 0 Å². The van der Waals surface area contributed by atoms with Crippen molar-refractivity contribution in [3.05, 3.63) is 29.3 Å². The monoisotopic (exact) mass is 221 g/mol. The van der Waals surface area contributed by atoms with Crippen molar-refractivity contribution >= 4 is 5.69 Å². The predicted molar refractivity (Wildman–Crippen MR) is 64.2 cm³/mol. The minimum absolute atomic E-state index is 0.293. The molecular formula is C13H19NO2. The van der Waals surface area contributed by atoms with Crippen LogP contribution in [0.25, 0.3) is 0 Å². The normalized spacial score (nSPS) is 20.2. The molecular weight excluding hydrogens is 202 g/mol. The van der Waals surface area contributed by atoms with Crippen molar-refractivity contribution in [3.63, 3.8) is 0 Å². The van der Waals surface area contributed by atoms with E-state index in [1.165, 1.54) is 0 Å². The fourth-order valence-electron chi connectivity index (χ4n) is 1.94. The maximum absolute atomic E-state index is 5.83. The summed E-state index contributed by atoms with van der Waals surface area (Å²) < 4.78 is 11.2. The van der Waals surface area contributed by atoms with Gasteiger partial charge in [-0.2, -0.15) is 0 Å². The molecule has 1 aliphatic rings. The maximum Gasteiger partial charge on any atom is 0.0809 e. The molecule has 88 valence electrons. The fraction of sp³-hybridized carbons (Fsp3) is 0.538. The molecule has 3 nitrogen and oxygen atoms in total. The Bertz CT molecular complexity index is 346. The number of benzene rings is 1. The number of hydrogen-bond acceptors (Lipinski definition) is 3. The second kappa shape index (κ2) is 5.32. The van der Waals surface area contributed by atoms with Gasteiger partial charge in [-0.3, -0.25) is 0 Å². The number of anilines is 1. The fourth-order valence-corrected chi connectivity index (χ4v) is 1.94. The lowest BCUT2D eigenvalue weighted by atomic mass is 10.1. The van der Waals surface area contributed by atoms with Gasteiger partial charge in [-0.05, 0) is 37.0 Å². The molecule has 0 radical (unpaired) electrons. The van der Waals surface area contributed by atoms with Gasteiger partial charge in [-0.1, -0.05) is 12.1 Å². The highest BCUT2D eigenvalue weighted by Gasteiger charge is 2.15. The maximum atomic E-state index is 5.83. The van der Waals surface area contributed by atoms with E-state index in [4.69, 9.17) is 15.2 Å². The van der Waals surface area contributed by atoms with Crippen molar-refractivity contribution in [1.29, 1.82) is 0 Å².